The van der Waals surface area contributed by atoms with Gasteiger partial charge in [0.25, 0.3) is 10.0 Å². The number of carbonyl (C=O) groups is 2. The van der Waals surface area contributed by atoms with Crippen molar-refractivity contribution in [2.45, 2.75) is 69.4 Å². The molecule has 4 rings (SSSR count). The lowest BCUT2D eigenvalue weighted by molar-refractivity contribution is -0.139. The number of hydrogen-bond acceptors (Lipinski definition) is 5. The number of benzene rings is 3. The smallest absolute Gasteiger partial charge is 0.264 e. The van der Waals surface area contributed by atoms with Crippen LogP contribution in [0.25, 0.3) is 0 Å². The Balaban J connectivity index is 1.70. The highest BCUT2D eigenvalue weighted by Gasteiger charge is 2.34. The molecule has 1 aliphatic carbocycles. The Hall–Kier alpha value is -3.56. The van der Waals surface area contributed by atoms with Crippen LogP contribution in [0.5, 0.6) is 5.75 Å². The predicted molar refractivity (Wildman–Crippen MR) is 170 cm³/mol. The molecule has 1 unspecified atom stereocenters. The molecule has 0 radical (unpaired) electrons. The molecule has 0 aromatic heterocycles. The Bertz CT molecular complexity index is 1490. The number of anilines is 1. The first-order valence-corrected chi connectivity index (χ1v) is 16.5. The maximum atomic E-state index is 14.2. The number of hydrogen-bond donors (Lipinski definition) is 1. The highest BCUT2D eigenvalue weighted by molar-refractivity contribution is 7.92. The van der Waals surface area contributed by atoms with E-state index in [1.165, 1.54) is 30.2 Å². The summed E-state index contributed by atoms with van der Waals surface area (Å²) in [7, 11) is -2.72. The number of carbonyl (C=O) groups excluding carboxylic acids is 2. The van der Waals surface area contributed by atoms with Crippen LogP contribution in [0.3, 0.4) is 0 Å². The van der Waals surface area contributed by atoms with Crippen LogP contribution in [-0.2, 0) is 26.0 Å². The Kier molecular flexibility index (Phi) is 11.1. The summed E-state index contributed by atoms with van der Waals surface area (Å²) in [6, 6.07) is 20.1. The van der Waals surface area contributed by atoms with E-state index in [4.69, 9.17) is 16.3 Å². The number of halogens is 1. The normalized spacial score (nSPS) is 14.2. The van der Waals surface area contributed by atoms with E-state index in [1.54, 1.807) is 24.3 Å². The molecule has 0 spiro atoms. The number of aryl methyl sites for hydroxylation is 1. The van der Waals surface area contributed by atoms with Gasteiger partial charge in [0.05, 0.1) is 22.7 Å². The fourth-order valence-corrected chi connectivity index (χ4v) is 7.10. The number of rotatable bonds is 13. The van der Waals surface area contributed by atoms with E-state index in [1.807, 2.05) is 44.2 Å². The molecular weight excluding hydrogens is 586 g/mol. The molecular formula is C33H40ClN3O5S. The molecule has 43 heavy (non-hydrogen) atoms. The Morgan fingerprint density at radius 1 is 1.02 bits per heavy atom. The summed E-state index contributed by atoms with van der Waals surface area (Å²) in [5.41, 5.74) is 2.13. The molecule has 3 aromatic carbocycles. The van der Waals surface area contributed by atoms with Gasteiger partial charge in [-0.2, -0.15) is 0 Å². The molecule has 1 N–H and O–H groups in total. The van der Waals surface area contributed by atoms with Gasteiger partial charge in [0, 0.05) is 12.6 Å². The Morgan fingerprint density at radius 3 is 2.30 bits per heavy atom. The van der Waals surface area contributed by atoms with Crippen LogP contribution < -0.4 is 14.4 Å². The summed E-state index contributed by atoms with van der Waals surface area (Å²) in [4.78, 5) is 29.3. The Labute approximate surface area is 260 Å². The molecule has 2 amide bonds. The zero-order valence-electron chi connectivity index (χ0n) is 25.0. The van der Waals surface area contributed by atoms with Crippen molar-refractivity contribution < 1.29 is 22.7 Å². The van der Waals surface area contributed by atoms with Gasteiger partial charge in [-0.25, -0.2) is 8.42 Å². The molecule has 1 atom stereocenters. The molecule has 0 aliphatic heterocycles. The maximum absolute atomic E-state index is 14.2. The van der Waals surface area contributed by atoms with Crippen molar-refractivity contribution in [3.05, 3.63) is 88.9 Å². The number of sulfonamides is 1. The summed E-state index contributed by atoms with van der Waals surface area (Å²) in [5.74, 6) is -0.313. The molecule has 1 aliphatic rings. The zero-order chi connectivity index (χ0) is 31.0. The number of nitrogens with zero attached hydrogens (tertiary/aromatic N) is 2. The van der Waals surface area contributed by atoms with E-state index in [2.05, 4.69) is 5.32 Å². The number of ether oxygens (including phenoxy) is 1. The average Bonchev–Trinajstić information content (AvgIpc) is 3.51. The molecule has 1 fully saturated rings. The lowest BCUT2D eigenvalue weighted by Gasteiger charge is -2.34. The summed E-state index contributed by atoms with van der Waals surface area (Å²) in [6.07, 6.45) is 4.86. The third-order valence-electron chi connectivity index (χ3n) is 7.88. The summed E-state index contributed by atoms with van der Waals surface area (Å²) in [6.45, 7) is 3.47. The van der Waals surface area contributed by atoms with E-state index in [9.17, 15) is 18.0 Å². The summed E-state index contributed by atoms with van der Waals surface area (Å²) in [5, 5.41) is 3.34. The SMILES string of the molecule is CCC(C(=O)NC1CCCC1)N(CCc1ccccc1)C(=O)CN(c1ccc(OC)c(Cl)c1)S(=O)(=O)c1ccc(C)cc1. The topological polar surface area (TPSA) is 96.0 Å². The molecule has 230 valence electrons. The first kappa shape index (κ1) is 32.4. The van der Waals surface area contributed by atoms with Gasteiger partial charge in [-0.15, -0.1) is 0 Å². The van der Waals surface area contributed by atoms with E-state index >= 15 is 0 Å². The fourth-order valence-electron chi connectivity index (χ4n) is 5.44. The van der Waals surface area contributed by atoms with Crippen molar-refractivity contribution in [1.82, 2.24) is 10.2 Å². The lowest BCUT2D eigenvalue weighted by atomic mass is 10.1. The second-order valence-electron chi connectivity index (χ2n) is 10.9. The molecule has 0 saturated heterocycles. The Morgan fingerprint density at radius 2 is 1.70 bits per heavy atom. The number of nitrogens with one attached hydrogen (secondary N) is 1. The molecule has 8 nitrogen and oxygen atoms in total. The summed E-state index contributed by atoms with van der Waals surface area (Å²) >= 11 is 6.41. The highest BCUT2D eigenvalue weighted by Crippen LogP contribution is 2.32. The largest absolute Gasteiger partial charge is 0.495 e. The van der Waals surface area contributed by atoms with E-state index in [0.717, 1.165) is 41.1 Å². The average molecular weight is 626 g/mol. The van der Waals surface area contributed by atoms with Crippen LogP contribution in [0.15, 0.2) is 77.7 Å². The van der Waals surface area contributed by atoms with Gasteiger partial charge in [0.2, 0.25) is 11.8 Å². The highest BCUT2D eigenvalue weighted by atomic mass is 35.5. The van der Waals surface area contributed by atoms with E-state index in [-0.39, 0.29) is 34.1 Å². The van der Waals surface area contributed by atoms with Crippen LogP contribution in [-0.4, -0.2) is 57.4 Å². The molecule has 0 heterocycles. The molecule has 1 saturated carbocycles. The van der Waals surface area contributed by atoms with Crippen molar-refractivity contribution in [2.75, 3.05) is 24.5 Å². The van der Waals surface area contributed by atoms with Crippen LogP contribution >= 0.6 is 11.6 Å². The second kappa shape index (κ2) is 14.8. The van der Waals surface area contributed by atoms with Crippen molar-refractivity contribution >= 4 is 39.1 Å². The van der Waals surface area contributed by atoms with E-state index in [0.29, 0.717) is 18.6 Å². The first-order valence-electron chi connectivity index (χ1n) is 14.7. The van der Waals surface area contributed by atoms with Crippen molar-refractivity contribution in [2.24, 2.45) is 0 Å². The standard InChI is InChI=1S/C33H40ClN3O5S/c1-4-30(33(39)35-26-12-8-9-13-26)36(21-20-25-10-6-5-7-11-25)32(38)23-37(27-16-19-31(42-3)29(34)22-27)43(40,41)28-17-14-24(2)15-18-28/h5-7,10-11,14-19,22,26,30H,4,8-9,12-13,20-21,23H2,1-3H3,(H,35,39). The van der Waals surface area contributed by atoms with Crippen molar-refractivity contribution in [3.8, 4) is 5.75 Å². The lowest BCUT2D eigenvalue weighted by Crippen LogP contribution is -2.54. The van der Waals surface area contributed by atoms with Gasteiger partial charge in [-0.05, 0) is 68.5 Å². The van der Waals surface area contributed by atoms with Gasteiger partial charge in [0.1, 0.15) is 18.3 Å². The molecule has 3 aromatic rings. The minimum Gasteiger partial charge on any atom is -0.495 e. The molecule has 0 bridgehead atoms. The van der Waals surface area contributed by atoms with Crippen LogP contribution in [0.4, 0.5) is 5.69 Å². The maximum Gasteiger partial charge on any atom is 0.264 e. The number of amides is 2. The van der Waals surface area contributed by atoms with Gasteiger partial charge in [-0.3, -0.25) is 13.9 Å². The predicted octanol–water partition coefficient (Wildman–Crippen LogP) is 5.76. The van der Waals surface area contributed by atoms with Gasteiger partial charge in [0.15, 0.2) is 0 Å². The van der Waals surface area contributed by atoms with Crippen LogP contribution in [0.2, 0.25) is 5.02 Å². The van der Waals surface area contributed by atoms with Crippen LogP contribution in [0, 0.1) is 6.92 Å². The third-order valence-corrected chi connectivity index (χ3v) is 9.97. The third kappa shape index (κ3) is 8.09. The van der Waals surface area contributed by atoms with Crippen molar-refractivity contribution in [3.63, 3.8) is 0 Å². The molecule has 10 heteroatoms. The monoisotopic (exact) mass is 625 g/mol. The first-order chi connectivity index (χ1) is 20.6. The number of methoxy groups -OCH3 is 1. The van der Waals surface area contributed by atoms with Gasteiger partial charge < -0.3 is 15.0 Å². The van der Waals surface area contributed by atoms with E-state index < -0.39 is 28.5 Å². The van der Waals surface area contributed by atoms with Crippen molar-refractivity contribution in [1.29, 1.82) is 0 Å². The summed E-state index contributed by atoms with van der Waals surface area (Å²) < 4.78 is 34.4. The quantitative estimate of drug-likeness (QED) is 0.261. The second-order valence-corrected chi connectivity index (χ2v) is 13.1. The minimum atomic E-state index is -4.19. The zero-order valence-corrected chi connectivity index (χ0v) is 26.5. The minimum absolute atomic E-state index is 0.0414. The fraction of sp³-hybridized carbons (Fsp3) is 0.394. The van der Waals surface area contributed by atoms with Gasteiger partial charge in [-0.1, -0.05) is 79.4 Å². The van der Waals surface area contributed by atoms with Crippen LogP contribution in [0.1, 0.15) is 50.2 Å². The van der Waals surface area contributed by atoms with Gasteiger partial charge >= 0.3 is 0 Å².